The van der Waals surface area contributed by atoms with E-state index in [0.717, 1.165) is 10.9 Å². The minimum atomic E-state index is -4.68. The van der Waals surface area contributed by atoms with Crippen LogP contribution in [-0.2, 0) is 13.2 Å². The van der Waals surface area contributed by atoms with Crippen LogP contribution < -0.4 is 11.1 Å². The highest BCUT2D eigenvalue weighted by Gasteiger charge is 2.37. The Balaban J connectivity index is 1.97. The molecule has 3 rings (SSSR count). The smallest absolute Gasteiger partial charge is 0.367 e. The number of carbonyl (C=O) groups excluding carboxylic acids is 1. The van der Waals surface area contributed by atoms with Crippen molar-refractivity contribution in [3.05, 3.63) is 35.9 Å². The number of halogens is 3. The molecule has 0 aliphatic rings. The zero-order valence-electron chi connectivity index (χ0n) is 11.7. The van der Waals surface area contributed by atoms with Crippen LogP contribution in [0.15, 0.2) is 24.5 Å². The molecule has 0 aliphatic heterocycles. The minimum absolute atomic E-state index is 0.0195. The van der Waals surface area contributed by atoms with E-state index in [0.29, 0.717) is 5.52 Å². The first kappa shape index (κ1) is 14.8. The zero-order valence-corrected chi connectivity index (χ0v) is 11.7. The molecule has 0 unspecified atom stereocenters. The molecule has 0 saturated heterocycles. The van der Waals surface area contributed by atoms with Crippen molar-refractivity contribution in [2.75, 3.05) is 11.1 Å². The van der Waals surface area contributed by atoms with Gasteiger partial charge < -0.3 is 11.1 Å². The van der Waals surface area contributed by atoms with Crippen LogP contribution in [-0.4, -0.2) is 30.3 Å². The van der Waals surface area contributed by atoms with Gasteiger partial charge in [-0.3, -0.25) is 9.48 Å². The number of hydrogen-bond donors (Lipinski definition) is 2. The number of anilines is 2. The van der Waals surface area contributed by atoms with Gasteiger partial charge in [0.1, 0.15) is 5.69 Å². The number of nitrogens with two attached hydrogens (primary N) is 1. The number of aryl methyl sites for hydroxylation is 1. The lowest BCUT2D eigenvalue weighted by Crippen LogP contribution is -2.18. The summed E-state index contributed by atoms with van der Waals surface area (Å²) in [5.41, 5.74) is 4.33. The van der Waals surface area contributed by atoms with E-state index < -0.39 is 23.5 Å². The summed E-state index contributed by atoms with van der Waals surface area (Å²) in [5.74, 6) is -0.846. The summed E-state index contributed by atoms with van der Waals surface area (Å²) in [5, 5.41) is 9.36. The molecular formula is C12H10F3N7O. The van der Waals surface area contributed by atoms with Gasteiger partial charge in [-0.05, 0) is 12.1 Å². The Hall–Kier alpha value is -3.11. The summed E-state index contributed by atoms with van der Waals surface area (Å²) in [7, 11) is 1.32. The highest BCUT2D eigenvalue weighted by Crippen LogP contribution is 2.33. The lowest BCUT2D eigenvalue weighted by atomic mass is 10.3. The van der Waals surface area contributed by atoms with Crippen LogP contribution in [0.5, 0.6) is 0 Å². The summed E-state index contributed by atoms with van der Waals surface area (Å²) >= 11 is 0. The van der Waals surface area contributed by atoms with Crippen molar-refractivity contribution < 1.29 is 18.0 Å². The third kappa shape index (κ3) is 2.67. The molecule has 0 aliphatic carbocycles. The second kappa shape index (κ2) is 4.97. The maximum Gasteiger partial charge on any atom is 0.437 e. The van der Waals surface area contributed by atoms with Crippen molar-refractivity contribution in [3.8, 4) is 0 Å². The predicted octanol–water partition coefficient (Wildman–Crippen LogP) is 1.32. The molecule has 8 nitrogen and oxygen atoms in total. The van der Waals surface area contributed by atoms with Crippen molar-refractivity contribution in [3.63, 3.8) is 0 Å². The van der Waals surface area contributed by atoms with Crippen molar-refractivity contribution >= 4 is 23.1 Å². The van der Waals surface area contributed by atoms with E-state index >= 15 is 0 Å². The van der Waals surface area contributed by atoms with Crippen molar-refractivity contribution in [1.82, 2.24) is 24.4 Å². The molecule has 3 aromatic heterocycles. The number of nitrogens with zero attached hydrogens (tertiary/aromatic N) is 5. The standard InChI is InChI=1S/C12H10F3N7O/c1-21-5-7(9(19-21)12(13,14)15)18-10(23)8-3-2-6-4-17-11(16)20-22(6)8/h2-5H,1H3,(H2,16,20)(H,18,23). The monoisotopic (exact) mass is 325 g/mol. The average Bonchev–Trinajstić information content (AvgIpc) is 3.01. The Bertz CT molecular complexity index is 896. The molecule has 0 saturated carbocycles. The van der Waals surface area contributed by atoms with Gasteiger partial charge in [-0.1, -0.05) is 0 Å². The SMILES string of the molecule is Cn1cc(NC(=O)c2ccc3cnc(N)nn23)c(C(F)(F)F)n1. The molecule has 23 heavy (non-hydrogen) atoms. The molecule has 3 aromatic rings. The van der Waals surface area contributed by atoms with Gasteiger partial charge in [0.05, 0.1) is 17.4 Å². The van der Waals surface area contributed by atoms with E-state index in [1.165, 1.54) is 23.8 Å². The van der Waals surface area contributed by atoms with Gasteiger partial charge in [-0.15, -0.1) is 5.10 Å². The van der Waals surface area contributed by atoms with Crippen molar-refractivity contribution in [2.45, 2.75) is 6.18 Å². The van der Waals surface area contributed by atoms with Gasteiger partial charge in [0.2, 0.25) is 5.95 Å². The maximum atomic E-state index is 12.9. The van der Waals surface area contributed by atoms with Crippen LogP contribution in [0.25, 0.3) is 5.52 Å². The average molecular weight is 325 g/mol. The molecule has 0 bridgehead atoms. The molecule has 3 N–H and O–H groups in total. The Labute approximate surface area is 126 Å². The van der Waals surface area contributed by atoms with Crippen LogP contribution in [0.4, 0.5) is 24.8 Å². The van der Waals surface area contributed by atoms with Crippen LogP contribution in [0.2, 0.25) is 0 Å². The molecule has 11 heteroatoms. The molecule has 1 amide bonds. The normalized spacial score (nSPS) is 11.8. The predicted molar refractivity (Wildman–Crippen MR) is 73.6 cm³/mol. The summed E-state index contributed by atoms with van der Waals surface area (Å²) in [6, 6.07) is 2.95. The fourth-order valence-corrected chi connectivity index (χ4v) is 2.06. The number of nitrogen functional groups attached to an aromatic ring is 1. The summed E-state index contributed by atoms with van der Waals surface area (Å²) < 4.78 is 40.8. The van der Waals surface area contributed by atoms with E-state index in [4.69, 9.17) is 5.73 Å². The number of rotatable bonds is 2. The zero-order chi connectivity index (χ0) is 16.8. The lowest BCUT2D eigenvalue weighted by molar-refractivity contribution is -0.140. The van der Waals surface area contributed by atoms with Crippen LogP contribution >= 0.6 is 0 Å². The first-order valence-corrected chi connectivity index (χ1v) is 6.28. The van der Waals surface area contributed by atoms with Crippen molar-refractivity contribution in [2.24, 2.45) is 7.05 Å². The van der Waals surface area contributed by atoms with E-state index in [-0.39, 0.29) is 11.6 Å². The Morgan fingerprint density at radius 1 is 1.30 bits per heavy atom. The number of alkyl halides is 3. The second-order valence-corrected chi connectivity index (χ2v) is 4.69. The van der Waals surface area contributed by atoms with Crippen LogP contribution in [0.3, 0.4) is 0 Å². The lowest BCUT2D eigenvalue weighted by Gasteiger charge is -2.07. The molecule has 0 fully saturated rings. The Kier molecular flexibility index (Phi) is 3.20. The van der Waals surface area contributed by atoms with Crippen LogP contribution in [0, 0.1) is 0 Å². The summed E-state index contributed by atoms with van der Waals surface area (Å²) in [4.78, 5) is 16.0. The third-order valence-electron chi connectivity index (χ3n) is 2.99. The van der Waals surface area contributed by atoms with Gasteiger partial charge in [0, 0.05) is 13.2 Å². The van der Waals surface area contributed by atoms with E-state index in [2.05, 4.69) is 20.5 Å². The topological polar surface area (TPSA) is 103 Å². The number of fused-ring (bicyclic) bond motifs is 1. The second-order valence-electron chi connectivity index (χ2n) is 4.69. The molecule has 0 radical (unpaired) electrons. The summed E-state index contributed by atoms with van der Waals surface area (Å²) in [6.45, 7) is 0. The fourth-order valence-electron chi connectivity index (χ4n) is 2.06. The first-order chi connectivity index (χ1) is 10.8. The number of hydrogen-bond acceptors (Lipinski definition) is 5. The van der Waals surface area contributed by atoms with Crippen LogP contribution in [0.1, 0.15) is 16.2 Å². The molecule has 120 valence electrons. The van der Waals surface area contributed by atoms with Gasteiger partial charge >= 0.3 is 6.18 Å². The Morgan fingerprint density at radius 2 is 2.04 bits per heavy atom. The van der Waals surface area contributed by atoms with Crippen molar-refractivity contribution in [1.29, 1.82) is 0 Å². The first-order valence-electron chi connectivity index (χ1n) is 6.28. The fraction of sp³-hybridized carbons (Fsp3) is 0.167. The molecule has 3 heterocycles. The quantitative estimate of drug-likeness (QED) is 0.739. The van der Waals surface area contributed by atoms with Gasteiger partial charge in [-0.25, -0.2) is 9.50 Å². The van der Waals surface area contributed by atoms with Gasteiger partial charge in [0.15, 0.2) is 5.69 Å². The third-order valence-corrected chi connectivity index (χ3v) is 2.99. The van der Waals surface area contributed by atoms with Gasteiger partial charge in [0.25, 0.3) is 5.91 Å². The maximum absolute atomic E-state index is 12.9. The molecule has 0 aromatic carbocycles. The number of nitrogens with one attached hydrogen (secondary N) is 1. The summed E-state index contributed by atoms with van der Waals surface area (Å²) in [6.07, 6.45) is -2.22. The van der Waals surface area contributed by atoms with E-state index in [9.17, 15) is 18.0 Å². The van der Waals surface area contributed by atoms with E-state index in [1.807, 2.05) is 0 Å². The number of aromatic nitrogens is 5. The number of amides is 1. The largest absolute Gasteiger partial charge is 0.437 e. The highest BCUT2D eigenvalue weighted by molar-refractivity contribution is 6.04. The molecular weight excluding hydrogens is 315 g/mol. The minimum Gasteiger partial charge on any atom is -0.367 e. The van der Waals surface area contributed by atoms with Gasteiger partial charge in [-0.2, -0.15) is 18.3 Å². The molecule has 0 spiro atoms. The number of carbonyl (C=O) groups is 1. The van der Waals surface area contributed by atoms with E-state index in [1.54, 1.807) is 6.07 Å². The molecule has 0 atom stereocenters. The highest BCUT2D eigenvalue weighted by atomic mass is 19.4. The Morgan fingerprint density at radius 3 is 2.74 bits per heavy atom.